The van der Waals surface area contributed by atoms with Gasteiger partial charge in [-0.15, -0.1) is 0 Å². The van der Waals surface area contributed by atoms with Gasteiger partial charge in [-0.05, 0) is 13.0 Å². The van der Waals surface area contributed by atoms with Gasteiger partial charge in [0, 0.05) is 12.1 Å². The Balaban J connectivity index is 2.97. The highest BCUT2D eigenvalue weighted by atomic mass is 16.6. The van der Waals surface area contributed by atoms with E-state index in [1.165, 1.54) is 25.3 Å². The van der Waals surface area contributed by atoms with Gasteiger partial charge in [-0.2, -0.15) is 5.26 Å². The van der Waals surface area contributed by atoms with E-state index in [-0.39, 0.29) is 29.5 Å². The largest absolute Gasteiger partial charge is 0.496 e. The molecule has 0 aliphatic heterocycles. The molecule has 7 heteroatoms. The molecular formula is C12H13N3O4. The molecule has 1 aromatic rings. The Kier molecular flexibility index (Phi) is 4.83. The van der Waals surface area contributed by atoms with Crippen molar-refractivity contribution in [1.82, 2.24) is 5.32 Å². The summed E-state index contributed by atoms with van der Waals surface area (Å²) in [5, 5.41) is 21.8. The van der Waals surface area contributed by atoms with Gasteiger partial charge in [-0.25, -0.2) is 0 Å². The minimum absolute atomic E-state index is 0.121. The molecule has 0 aliphatic carbocycles. The second-order valence-corrected chi connectivity index (χ2v) is 3.88. The zero-order chi connectivity index (χ0) is 14.4. The third-order valence-electron chi connectivity index (χ3n) is 2.42. The number of carbonyl (C=O) groups is 1. The lowest BCUT2D eigenvalue weighted by Gasteiger charge is -2.12. The Hall–Kier alpha value is -2.62. The second kappa shape index (κ2) is 6.35. The van der Waals surface area contributed by atoms with E-state index in [9.17, 15) is 14.9 Å². The molecule has 0 radical (unpaired) electrons. The van der Waals surface area contributed by atoms with Gasteiger partial charge in [-0.3, -0.25) is 14.9 Å². The van der Waals surface area contributed by atoms with E-state index in [2.05, 4.69) is 5.32 Å². The fourth-order valence-electron chi connectivity index (χ4n) is 1.47. The number of ether oxygens (including phenoxy) is 1. The number of non-ortho nitro benzene ring substituents is 1. The normalized spacial score (nSPS) is 11.2. The highest BCUT2D eigenvalue weighted by molar-refractivity contribution is 5.97. The van der Waals surface area contributed by atoms with Crippen molar-refractivity contribution < 1.29 is 14.5 Å². The van der Waals surface area contributed by atoms with Crippen LogP contribution in [-0.2, 0) is 0 Å². The van der Waals surface area contributed by atoms with Crippen molar-refractivity contribution in [3.8, 4) is 11.8 Å². The van der Waals surface area contributed by atoms with Crippen molar-refractivity contribution in [3.63, 3.8) is 0 Å². The summed E-state index contributed by atoms with van der Waals surface area (Å²) in [6.07, 6.45) is 0.182. The lowest BCUT2D eigenvalue weighted by molar-refractivity contribution is -0.384. The third kappa shape index (κ3) is 3.67. The zero-order valence-electron chi connectivity index (χ0n) is 10.5. The van der Waals surface area contributed by atoms with Crippen LogP contribution in [0.4, 0.5) is 5.69 Å². The number of carbonyl (C=O) groups excluding carboxylic acids is 1. The predicted molar refractivity (Wildman–Crippen MR) is 66.8 cm³/mol. The molecule has 1 aromatic carbocycles. The third-order valence-corrected chi connectivity index (χ3v) is 2.42. The molecule has 1 atom stereocenters. The Labute approximate surface area is 109 Å². The van der Waals surface area contributed by atoms with Crippen LogP contribution in [0.3, 0.4) is 0 Å². The molecule has 0 saturated carbocycles. The van der Waals surface area contributed by atoms with Crippen molar-refractivity contribution in [1.29, 1.82) is 5.26 Å². The number of benzene rings is 1. The van der Waals surface area contributed by atoms with Crippen molar-refractivity contribution in [2.24, 2.45) is 0 Å². The van der Waals surface area contributed by atoms with Crippen LogP contribution < -0.4 is 10.1 Å². The highest BCUT2D eigenvalue weighted by Crippen LogP contribution is 2.24. The fourth-order valence-corrected chi connectivity index (χ4v) is 1.47. The molecule has 1 N–H and O–H groups in total. The summed E-state index contributed by atoms with van der Waals surface area (Å²) in [7, 11) is 1.33. The molecule has 1 rings (SSSR count). The van der Waals surface area contributed by atoms with Crippen molar-refractivity contribution in [2.75, 3.05) is 7.11 Å². The lowest BCUT2D eigenvalue weighted by atomic mass is 10.1. The lowest BCUT2D eigenvalue weighted by Crippen LogP contribution is -2.32. The number of nitrogens with zero attached hydrogens (tertiary/aromatic N) is 2. The van der Waals surface area contributed by atoms with Crippen LogP contribution in [0.5, 0.6) is 5.75 Å². The molecular weight excluding hydrogens is 250 g/mol. The number of hydrogen-bond acceptors (Lipinski definition) is 5. The number of rotatable bonds is 5. The second-order valence-electron chi connectivity index (χ2n) is 3.88. The van der Waals surface area contributed by atoms with Gasteiger partial charge in [0.15, 0.2) is 0 Å². The van der Waals surface area contributed by atoms with E-state index in [0.29, 0.717) is 0 Å². The van der Waals surface area contributed by atoms with E-state index >= 15 is 0 Å². The zero-order valence-corrected chi connectivity index (χ0v) is 10.5. The molecule has 0 aliphatic rings. The van der Waals surface area contributed by atoms with Crippen LogP contribution >= 0.6 is 0 Å². The van der Waals surface area contributed by atoms with E-state index < -0.39 is 10.8 Å². The molecule has 0 saturated heterocycles. The molecule has 100 valence electrons. The van der Waals surface area contributed by atoms with Crippen LogP contribution in [0.25, 0.3) is 0 Å². The SMILES string of the molecule is COc1cc([N+](=O)[O-])ccc1C(=O)NC(C)CC#N. The number of amides is 1. The smallest absolute Gasteiger partial charge is 0.273 e. The summed E-state index contributed by atoms with van der Waals surface area (Å²) in [5.41, 5.74) is 0.0383. The van der Waals surface area contributed by atoms with Crippen molar-refractivity contribution in [3.05, 3.63) is 33.9 Å². The molecule has 19 heavy (non-hydrogen) atoms. The summed E-state index contributed by atoms with van der Waals surface area (Å²) in [6.45, 7) is 1.69. The van der Waals surface area contributed by atoms with Gasteiger partial charge in [0.05, 0.1) is 36.2 Å². The maximum absolute atomic E-state index is 11.9. The molecule has 1 unspecified atom stereocenters. The first kappa shape index (κ1) is 14.4. The Morgan fingerprint density at radius 1 is 1.63 bits per heavy atom. The van der Waals surface area contributed by atoms with E-state index in [4.69, 9.17) is 10.00 Å². The van der Waals surface area contributed by atoms with Gasteiger partial charge in [0.25, 0.3) is 11.6 Å². The van der Waals surface area contributed by atoms with Crippen LogP contribution in [0.1, 0.15) is 23.7 Å². The number of hydrogen-bond donors (Lipinski definition) is 1. The molecule has 0 spiro atoms. The van der Waals surface area contributed by atoms with Gasteiger partial charge >= 0.3 is 0 Å². The number of nitriles is 1. The minimum atomic E-state index is -0.567. The first-order valence-corrected chi connectivity index (χ1v) is 5.49. The van der Waals surface area contributed by atoms with E-state index in [1.807, 2.05) is 6.07 Å². The number of nitrogens with one attached hydrogen (secondary N) is 1. The Bertz CT molecular complexity index is 536. The topological polar surface area (TPSA) is 105 Å². The molecule has 7 nitrogen and oxygen atoms in total. The molecule has 0 fully saturated rings. The average Bonchev–Trinajstić information content (AvgIpc) is 2.37. The summed E-state index contributed by atoms with van der Waals surface area (Å²) < 4.78 is 4.97. The van der Waals surface area contributed by atoms with Crippen molar-refractivity contribution in [2.45, 2.75) is 19.4 Å². The quantitative estimate of drug-likeness (QED) is 0.642. The maximum Gasteiger partial charge on any atom is 0.273 e. The van der Waals surface area contributed by atoms with Gasteiger partial charge in [0.2, 0.25) is 0 Å². The highest BCUT2D eigenvalue weighted by Gasteiger charge is 2.17. The van der Waals surface area contributed by atoms with Crippen molar-refractivity contribution >= 4 is 11.6 Å². The number of nitro benzene ring substituents is 1. The average molecular weight is 263 g/mol. The van der Waals surface area contributed by atoms with E-state index in [0.717, 1.165) is 0 Å². The molecule has 0 aromatic heterocycles. The van der Waals surface area contributed by atoms with Crippen LogP contribution in [0, 0.1) is 21.4 Å². The fraction of sp³-hybridized carbons (Fsp3) is 0.333. The summed E-state index contributed by atoms with van der Waals surface area (Å²) >= 11 is 0. The maximum atomic E-state index is 11.9. The molecule has 0 bridgehead atoms. The van der Waals surface area contributed by atoms with Crippen LogP contribution in [-0.4, -0.2) is 24.0 Å². The Morgan fingerprint density at radius 2 is 2.32 bits per heavy atom. The predicted octanol–water partition coefficient (Wildman–Crippen LogP) is 1.64. The van der Waals surface area contributed by atoms with Gasteiger partial charge < -0.3 is 10.1 Å². The van der Waals surface area contributed by atoms with Crippen LogP contribution in [0.2, 0.25) is 0 Å². The Morgan fingerprint density at radius 3 is 2.84 bits per heavy atom. The first-order valence-electron chi connectivity index (χ1n) is 5.49. The first-order chi connectivity index (χ1) is 8.99. The number of nitro groups is 1. The summed E-state index contributed by atoms with van der Waals surface area (Å²) in [5.74, 6) is -0.314. The van der Waals surface area contributed by atoms with Crippen LogP contribution in [0.15, 0.2) is 18.2 Å². The monoisotopic (exact) mass is 263 g/mol. The minimum Gasteiger partial charge on any atom is -0.496 e. The van der Waals surface area contributed by atoms with E-state index in [1.54, 1.807) is 6.92 Å². The standard InChI is InChI=1S/C12H13N3O4/c1-8(5-6-13)14-12(16)10-4-3-9(15(17)18)7-11(10)19-2/h3-4,7-8H,5H2,1-2H3,(H,14,16). The summed E-state index contributed by atoms with van der Waals surface area (Å²) in [4.78, 5) is 22.0. The molecule has 0 heterocycles. The van der Waals surface area contributed by atoms with Gasteiger partial charge in [0.1, 0.15) is 5.75 Å². The number of methoxy groups -OCH3 is 1. The van der Waals surface area contributed by atoms with Gasteiger partial charge in [-0.1, -0.05) is 0 Å². The molecule has 1 amide bonds. The summed E-state index contributed by atoms with van der Waals surface area (Å²) in [6, 6.07) is 5.37.